The molecular weight excluding hydrogens is 421 g/mol. The SMILES string of the molecule is COc1cncc(NC(c2ccc(F)cc2)C(C=O)c2c[nH]c3ccc(CCCO)cc23)c1. The summed E-state index contributed by atoms with van der Waals surface area (Å²) in [5, 5.41) is 13.5. The van der Waals surface area contributed by atoms with E-state index in [1.807, 2.05) is 18.3 Å². The molecule has 0 aliphatic rings. The molecule has 0 saturated heterocycles. The van der Waals surface area contributed by atoms with Gasteiger partial charge in [0.25, 0.3) is 0 Å². The topological polar surface area (TPSA) is 87.2 Å². The van der Waals surface area contributed by atoms with Crippen molar-refractivity contribution in [3.63, 3.8) is 0 Å². The summed E-state index contributed by atoms with van der Waals surface area (Å²) >= 11 is 0. The highest BCUT2D eigenvalue weighted by Crippen LogP contribution is 2.37. The fraction of sp³-hybridized carbons (Fsp3) is 0.231. The largest absolute Gasteiger partial charge is 0.495 e. The molecule has 0 radical (unpaired) electrons. The van der Waals surface area contributed by atoms with Crippen LogP contribution in [-0.2, 0) is 11.2 Å². The molecule has 7 heteroatoms. The number of carbonyl (C=O) groups is 1. The molecule has 0 spiro atoms. The number of pyridine rings is 1. The van der Waals surface area contributed by atoms with E-state index >= 15 is 0 Å². The first kappa shape index (κ1) is 22.5. The quantitative estimate of drug-likeness (QED) is 0.305. The van der Waals surface area contributed by atoms with Crippen LogP contribution in [0.3, 0.4) is 0 Å². The molecule has 4 rings (SSSR count). The number of halogens is 1. The van der Waals surface area contributed by atoms with E-state index in [1.54, 1.807) is 37.7 Å². The second-order valence-electron chi connectivity index (χ2n) is 7.90. The number of fused-ring (bicyclic) bond motifs is 1. The number of aryl methyl sites for hydroxylation is 1. The summed E-state index contributed by atoms with van der Waals surface area (Å²) in [4.78, 5) is 19.9. The fourth-order valence-corrected chi connectivity index (χ4v) is 4.07. The normalized spacial score (nSPS) is 12.9. The van der Waals surface area contributed by atoms with Crippen molar-refractivity contribution in [2.45, 2.75) is 24.8 Å². The van der Waals surface area contributed by atoms with Crippen molar-refractivity contribution in [2.24, 2.45) is 0 Å². The Bertz CT molecular complexity index is 1220. The number of hydrogen-bond acceptors (Lipinski definition) is 5. The summed E-state index contributed by atoms with van der Waals surface area (Å²) in [6, 6.07) is 13.5. The van der Waals surface area contributed by atoms with Gasteiger partial charge in [0.2, 0.25) is 0 Å². The number of hydrogen-bond donors (Lipinski definition) is 3. The van der Waals surface area contributed by atoms with Gasteiger partial charge in [0.1, 0.15) is 17.9 Å². The van der Waals surface area contributed by atoms with E-state index in [9.17, 15) is 14.3 Å². The Morgan fingerprint density at radius 3 is 2.73 bits per heavy atom. The van der Waals surface area contributed by atoms with Crippen molar-refractivity contribution in [2.75, 3.05) is 19.0 Å². The first-order valence-electron chi connectivity index (χ1n) is 10.8. The summed E-state index contributed by atoms with van der Waals surface area (Å²) in [6.45, 7) is 0.125. The smallest absolute Gasteiger partial charge is 0.139 e. The Balaban J connectivity index is 1.77. The number of nitrogens with zero attached hydrogens (tertiary/aromatic N) is 1. The maximum absolute atomic E-state index is 13.6. The predicted molar refractivity (Wildman–Crippen MR) is 126 cm³/mol. The first-order chi connectivity index (χ1) is 16.1. The number of aromatic amines is 1. The van der Waals surface area contributed by atoms with Gasteiger partial charge in [-0.1, -0.05) is 18.2 Å². The second kappa shape index (κ2) is 10.3. The minimum Gasteiger partial charge on any atom is -0.495 e. The lowest BCUT2D eigenvalue weighted by Crippen LogP contribution is -2.21. The average Bonchev–Trinajstić information content (AvgIpc) is 3.26. The molecule has 0 aliphatic heterocycles. The van der Waals surface area contributed by atoms with Crippen molar-refractivity contribution in [3.05, 3.63) is 89.6 Å². The van der Waals surface area contributed by atoms with Crippen LogP contribution in [0, 0.1) is 5.82 Å². The van der Waals surface area contributed by atoms with E-state index in [4.69, 9.17) is 4.74 Å². The third-order valence-electron chi connectivity index (χ3n) is 5.77. The Hall–Kier alpha value is -3.71. The van der Waals surface area contributed by atoms with Gasteiger partial charge in [0, 0.05) is 29.8 Å². The minimum absolute atomic E-state index is 0.125. The van der Waals surface area contributed by atoms with Crippen LogP contribution in [0.4, 0.5) is 10.1 Å². The third kappa shape index (κ3) is 5.04. The zero-order valence-electron chi connectivity index (χ0n) is 18.3. The van der Waals surface area contributed by atoms with Crippen LogP contribution in [0.5, 0.6) is 5.75 Å². The van der Waals surface area contributed by atoms with Gasteiger partial charge in [-0.15, -0.1) is 0 Å². The maximum Gasteiger partial charge on any atom is 0.139 e. The van der Waals surface area contributed by atoms with E-state index in [0.717, 1.165) is 40.3 Å². The molecule has 4 aromatic rings. The lowest BCUT2D eigenvalue weighted by Gasteiger charge is -2.26. The van der Waals surface area contributed by atoms with Crippen molar-refractivity contribution >= 4 is 22.9 Å². The zero-order chi connectivity index (χ0) is 23.2. The molecule has 6 nitrogen and oxygen atoms in total. The number of benzene rings is 2. The number of aliphatic hydroxyl groups excluding tert-OH is 1. The molecule has 0 amide bonds. The number of nitrogens with one attached hydrogen (secondary N) is 2. The number of H-pyrrole nitrogens is 1. The molecule has 2 heterocycles. The van der Waals surface area contributed by atoms with Gasteiger partial charge < -0.3 is 24.9 Å². The van der Waals surface area contributed by atoms with Crippen molar-refractivity contribution in [3.8, 4) is 5.75 Å². The van der Waals surface area contributed by atoms with Gasteiger partial charge in [-0.05, 0) is 53.8 Å². The number of ether oxygens (including phenoxy) is 1. The number of aliphatic hydroxyl groups is 1. The molecule has 0 fully saturated rings. The van der Waals surface area contributed by atoms with Crippen LogP contribution in [0.1, 0.15) is 35.1 Å². The second-order valence-corrected chi connectivity index (χ2v) is 7.90. The van der Waals surface area contributed by atoms with Gasteiger partial charge in [-0.25, -0.2) is 4.39 Å². The predicted octanol–water partition coefficient (Wildman–Crippen LogP) is 4.77. The van der Waals surface area contributed by atoms with Gasteiger partial charge >= 0.3 is 0 Å². The van der Waals surface area contributed by atoms with Gasteiger partial charge in [0.15, 0.2) is 0 Å². The standard InChI is InChI=1S/C26H26FN3O3/c1-33-21-12-20(13-28-14-21)30-26(18-5-7-19(27)8-6-18)24(16-32)23-15-29-25-9-4-17(3-2-10-31)11-22(23)25/h4-9,11-16,24,26,29-31H,2-3,10H2,1H3. The number of methoxy groups -OCH3 is 1. The molecule has 33 heavy (non-hydrogen) atoms. The lowest BCUT2D eigenvalue weighted by molar-refractivity contribution is -0.109. The van der Waals surface area contributed by atoms with Crippen LogP contribution >= 0.6 is 0 Å². The molecule has 2 aromatic heterocycles. The number of carbonyl (C=O) groups excluding carboxylic acids is 1. The number of rotatable bonds is 10. The molecule has 2 unspecified atom stereocenters. The number of aromatic nitrogens is 2. The van der Waals surface area contributed by atoms with Crippen molar-refractivity contribution in [1.29, 1.82) is 0 Å². The molecule has 170 valence electrons. The highest BCUT2D eigenvalue weighted by molar-refractivity contribution is 5.88. The van der Waals surface area contributed by atoms with Crippen LogP contribution < -0.4 is 10.1 Å². The Labute approximate surface area is 191 Å². The van der Waals surface area contributed by atoms with Crippen LogP contribution in [-0.4, -0.2) is 35.1 Å². The fourth-order valence-electron chi connectivity index (χ4n) is 4.07. The number of anilines is 1. The van der Waals surface area contributed by atoms with Crippen LogP contribution in [0.2, 0.25) is 0 Å². The Morgan fingerprint density at radius 2 is 2.00 bits per heavy atom. The monoisotopic (exact) mass is 447 g/mol. The molecule has 2 aromatic carbocycles. The molecule has 0 bridgehead atoms. The molecule has 2 atom stereocenters. The highest BCUT2D eigenvalue weighted by atomic mass is 19.1. The first-order valence-corrected chi connectivity index (χ1v) is 10.8. The van der Waals surface area contributed by atoms with Gasteiger partial charge in [-0.3, -0.25) is 4.98 Å². The zero-order valence-corrected chi connectivity index (χ0v) is 18.3. The molecule has 0 aliphatic carbocycles. The average molecular weight is 448 g/mol. The molecule has 0 saturated carbocycles. The summed E-state index contributed by atoms with van der Waals surface area (Å²) in [5.41, 5.74) is 4.29. The van der Waals surface area contributed by atoms with E-state index in [-0.39, 0.29) is 12.4 Å². The summed E-state index contributed by atoms with van der Waals surface area (Å²) in [7, 11) is 1.56. The Morgan fingerprint density at radius 1 is 1.18 bits per heavy atom. The lowest BCUT2D eigenvalue weighted by atomic mass is 9.87. The number of aldehydes is 1. The van der Waals surface area contributed by atoms with Crippen LogP contribution in [0.25, 0.3) is 10.9 Å². The minimum atomic E-state index is -0.566. The Kier molecular flexibility index (Phi) is 7.00. The highest BCUT2D eigenvalue weighted by Gasteiger charge is 2.27. The van der Waals surface area contributed by atoms with Gasteiger partial charge in [-0.2, -0.15) is 0 Å². The van der Waals surface area contributed by atoms with E-state index in [0.29, 0.717) is 17.9 Å². The summed E-state index contributed by atoms with van der Waals surface area (Å²) < 4.78 is 18.9. The summed E-state index contributed by atoms with van der Waals surface area (Å²) in [5.74, 6) is -0.326. The van der Waals surface area contributed by atoms with Gasteiger partial charge in [0.05, 0.1) is 37.2 Å². The summed E-state index contributed by atoms with van der Waals surface area (Å²) in [6.07, 6.45) is 7.44. The van der Waals surface area contributed by atoms with Crippen LogP contribution in [0.15, 0.2) is 67.1 Å². The molecule has 3 N–H and O–H groups in total. The maximum atomic E-state index is 13.6. The van der Waals surface area contributed by atoms with Crippen molar-refractivity contribution < 1.29 is 19.0 Å². The third-order valence-corrected chi connectivity index (χ3v) is 5.77. The van der Waals surface area contributed by atoms with E-state index < -0.39 is 12.0 Å². The van der Waals surface area contributed by atoms with E-state index in [1.165, 1.54) is 12.1 Å². The van der Waals surface area contributed by atoms with Crippen molar-refractivity contribution in [1.82, 2.24) is 9.97 Å². The van der Waals surface area contributed by atoms with E-state index in [2.05, 4.69) is 21.4 Å². The molecular formula is C26H26FN3O3.